The number of hydrogen-bond acceptors (Lipinski definition) is 2. The topological polar surface area (TPSA) is 46.2 Å². The first-order valence-electron chi connectivity index (χ1n) is 2.03. The smallest absolute Gasteiger partial charge is 0.211 e. The molecule has 0 rings (SSSR count). The van der Waals surface area contributed by atoms with Crippen LogP contribution >= 0.6 is 0 Å². The molecule has 0 atom stereocenters. The van der Waals surface area contributed by atoms with Crippen LogP contribution < -0.4 is 4.72 Å². The third kappa shape index (κ3) is 5.05. The number of sulfonamides is 1. The van der Waals surface area contributed by atoms with Gasteiger partial charge in [-0.25, -0.2) is 13.1 Å². The van der Waals surface area contributed by atoms with Gasteiger partial charge < -0.3 is 0 Å². The first kappa shape index (κ1) is 11.7. The molecule has 0 spiro atoms. The molecule has 1 radical (unpaired) electrons. The van der Waals surface area contributed by atoms with E-state index in [-0.39, 0.29) is 35.3 Å². The van der Waals surface area contributed by atoms with E-state index in [2.05, 4.69) is 4.72 Å². The maximum absolute atomic E-state index is 10.3. The predicted octanol–water partition coefficient (Wildman–Crippen LogP) is -0.825. The van der Waals surface area contributed by atoms with Crippen LogP contribution in [0.5, 0.6) is 0 Å². The molecule has 0 fully saturated rings. The Labute approximate surface area is 72.2 Å². The molecule has 0 aliphatic carbocycles. The summed E-state index contributed by atoms with van der Waals surface area (Å²) in [5, 5.41) is 0. The summed E-state index contributed by atoms with van der Waals surface area (Å²) >= 11 is 0. The van der Waals surface area contributed by atoms with Crippen molar-refractivity contribution in [2.45, 2.75) is 6.92 Å². The molecule has 0 unspecified atom stereocenters. The number of hydrogen-bond donors (Lipinski definition) is 1. The normalized spacial score (nSPS) is 10.2. The molecule has 3 nitrogen and oxygen atoms in total. The van der Waals surface area contributed by atoms with Gasteiger partial charge >= 0.3 is 0 Å². The molecule has 1 N–H and O–H groups in total. The minimum absolute atomic E-state index is 0. The van der Waals surface area contributed by atoms with Gasteiger partial charge in [-0.1, -0.05) is 0 Å². The Balaban J connectivity index is 0. The van der Waals surface area contributed by atoms with E-state index >= 15 is 0 Å². The molecular weight excluding hydrogens is 137 g/mol. The summed E-state index contributed by atoms with van der Waals surface area (Å²) in [6.45, 7) is 1.59. The van der Waals surface area contributed by atoms with Crippen molar-refractivity contribution in [2.75, 3.05) is 12.8 Å². The maximum Gasteiger partial charge on any atom is 0.211 e. The minimum Gasteiger partial charge on any atom is -0.218 e. The van der Waals surface area contributed by atoms with Gasteiger partial charge in [-0.3, -0.25) is 0 Å². The molecule has 0 aromatic rings. The van der Waals surface area contributed by atoms with E-state index in [0.29, 0.717) is 0 Å². The van der Waals surface area contributed by atoms with Gasteiger partial charge in [-0.05, 0) is 14.0 Å². The van der Waals surface area contributed by atoms with Gasteiger partial charge in [0, 0.05) is 29.6 Å². The summed E-state index contributed by atoms with van der Waals surface area (Å²) in [7, 11) is -1.51. The average Bonchev–Trinajstić information content (AvgIpc) is 1.68. The van der Waals surface area contributed by atoms with E-state index in [1.165, 1.54) is 7.05 Å². The summed E-state index contributed by atoms with van der Waals surface area (Å²) in [5.74, 6) is 0.156. The van der Waals surface area contributed by atoms with Crippen molar-refractivity contribution in [1.82, 2.24) is 4.72 Å². The third-order valence-electron chi connectivity index (χ3n) is 0.691. The van der Waals surface area contributed by atoms with E-state index in [0.717, 1.165) is 0 Å². The average molecular weight is 146 g/mol. The summed E-state index contributed by atoms with van der Waals surface area (Å²) in [5.41, 5.74) is 0. The van der Waals surface area contributed by atoms with E-state index < -0.39 is 10.0 Å². The number of rotatable bonds is 2. The monoisotopic (exact) mass is 146 g/mol. The Bertz CT molecular complexity index is 120. The summed E-state index contributed by atoms with van der Waals surface area (Å²) < 4.78 is 22.7. The van der Waals surface area contributed by atoms with Gasteiger partial charge in [0.2, 0.25) is 10.0 Å². The Morgan fingerprint density at radius 1 is 1.50 bits per heavy atom. The van der Waals surface area contributed by atoms with E-state index in [1.54, 1.807) is 6.92 Å². The number of nitrogens with one attached hydrogen (secondary N) is 1. The van der Waals surface area contributed by atoms with Crippen molar-refractivity contribution in [3.05, 3.63) is 0 Å². The second-order valence-electron chi connectivity index (χ2n) is 1.11. The molecule has 0 aromatic carbocycles. The van der Waals surface area contributed by atoms with Crippen molar-refractivity contribution in [3.63, 3.8) is 0 Å². The van der Waals surface area contributed by atoms with Crippen LogP contribution in [0.15, 0.2) is 0 Å². The van der Waals surface area contributed by atoms with Crippen LogP contribution in [0.3, 0.4) is 0 Å². The quantitative estimate of drug-likeness (QED) is 0.517. The standard InChI is InChI=1S/C3H9NO2S.Na/c1-3-7(5,6)4-2;/h4H,3H2,1-2H3;. The van der Waals surface area contributed by atoms with E-state index in [1.807, 2.05) is 0 Å². The molecule has 0 aliphatic heterocycles. The summed E-state index contributed by atoms with van der Waals surface area (Å²) in [4.78, 5) is 0. The molecule has 0 saturated heterocycles. The Morgan fingerprint density at radius 2 is 1.88 bits per heavy atom. The van der Waals surface area contributed by atoms with E-state index in [9.17, 15) is 8.42 Å². The van der Waals surface area contributed by atoms with Gasteiger partial charge in [0.1, 0.15) is 0 Å². The Kier molecular flexibility index (Phi) is 6.94. The predicted molar refractivity (Wildman–Crippen MR) is 34.3 cm³/mol. The molecule has 0 heterocycles. The van der Waals surface area contributed by atoms with Crippen LogP contribution in [0.25, 0.3) is 0 Å². The van der Waals surface area contributed by atoms with Crippen LogP contribution in [-0.2, 0) is 10.0 Å². The zero-order chi connectivity index (χ0) is 5.91. The molecule has 5 heteroatoms. The van der Waals surface area contributed by atoms with Crippen molar-refractivity contribution in [2.24, 2.45) is 0 Å². The van der Waals surface area contributed by atoms with E-state index in [4.69, 9.17) is 0 Å². The largest absolute Gasteiger partial charge is 0.218 e. The fourth-order valence-corrected chi connectivity index (χ4v) is 0.433. The molecule has 0 bridgehead atoms. The second kappa shape index (κ2) is 4.76. The summed E-state index contributed by atoms with van der Waals surface area (Å²) in [6, 6.07) is 0. The van der Waals surface area contributed by atoms with Crippen LogP contribution in [0, 0.1) is 0 Å². The fraction of sp³-hybridized carbons (Fsp3) is 1.00. The molecular formula is C3H9NNaO2S. The molecule has 0 saturated carbocycles. The fourth-order valence-electron chi connectivity index (χ4n) is 0.144. The molecule has 0 amide bonds. The first-order valence-corrected chi connectivity index (χ1v) is 3.69. The van der Waals surface area contributed by atoms with Crippen LogP contribution in [-0.4, -0.2) is 50.8 Å². The summed E-state index contributed by atoms with van der Waals surface area (Å²) in [6.07, 6.45) is 0. The van der Waals surface area contributed by atoms with Gasteiger partial charge in [0.25, 0.3) is 0 Å². The van der Waals surface area contributed by atoms with Crippen LogP contribution in [0.1, 0.15) is 6.92 Å². The SMILES string of the molecule is CCS(=O)(=O)NC.[Na]. The zero-order valence-electron chi connectivity index (χ0n) is 5.43. The van der Waals surface area contributed by atoms with Crippen LogP contribution in [0.4, 0.5) is 0 Å². The second-order valence-corrected chi connectivity index (χ2v) is 3.32. The molecule has 8 heavy (non-hydrogen) atoms. The van der Waals surface area contributed by atoms with Gasteiger partial charge in [0.05, 0.1) is 5.75 Å². The maximum atomic E-state index is 10.3. The van der Waals surface area contributed by atoms with Crippen LogP contribution in [0.2, 0.25) is 0 Å². The van der Waals surface area contributed by atoms with Crippen molar-refractivity contribution < 1.29 is 8.42 Å². The minimum atomic E-state index is -2.91. The van der Waals surface area contributed by atoms with Gasteiger partial charge in [0.15, 0.2) is 0 Å². The Morgan fingerprint density at radius 3 is 1.88 bits per heavy atom. The molecule has 0 aliphatic rings. The third-order valence-corrected chi connectivity index (χ3v) is 2.07. The molecule has 0 aromatic heterocycles. The van der Waals surface area contributed by atoms with Crippen molar-refractivity contribution in [3.8, 4) is 0 Å². The zero-order valence-corrected chi connectivity index (χ0v) is 8.25. The van der Waals surface area contributed by atoms with Crippen molar-refractivity contribution in [1.29, 1.82) is 0 Å². The van der Waals surface area contributed by atoms with Gasteiger partial charge in [-0.2, -0.15) is 0 Å². The van der Waals surface area contributed by atoms with Gasteiger partial charge in [-0.15, -0.1) is 0 Å². The molecule has 45 valence electrons. The Hall–Kier alpha value is 0.910. The van der Waals surface area contributed by atoms with Crippen molar-refractivity contribution >= 4 is 39.6 Å². The first-order chi connectivity index (χ1) is 3.12.